The zero-order chi connectivity index (χ0) is 10.1. The Labute approximate surface area is 80.8 Å². The summed E-state index contributed by atoms with van der Waals surface area (Å²) in [5.41, 5.74) is 2.04. The molecule has 0 heterocycles. The summed E-state index contributed by atoms with van der Waals surface area (Å²) in [6.07, 6.45) is 0. The van der Waals surface area contributed by atoms with Gasteiger partial charge < -0.3 is 0 Å². The van der Waals surface area contributed by atoms with Crippen LogP contribution < -0.4 is 0 Å². The molecule has 0 unspecified atom stereocenters. The minimum atomic E-state index is -1.06. The van der Waals surface area contributed by atoms with E-state index in [9.17, 15) is 4.39 Å². The molecule has 13 heavy (non-hydrogen) atoms. The average molecular weight is 196 g/mol. The van der Waals surface area contributed by atoms with E-state index in [1.54, 1.807) is 6.07 Å². The first-order valence-corrected chi connectivity index (χ1v) is 8.34. The molecule has 0 saturated carbocycles. The van der Waals surface area contributed by atoms with E-state index < -0.39 is 8.07 Å². The summed E-state index contributed by atoms with van der Waals surface area (Å²) in [6, 6.07) is 6.58. The van der Waals surface area contributed by atoms with Crippen LogP contribution in [0.1, 0.15) is 11.1 Å². The highest BCUT2D eigenvalue weighted by Gasteiger charge is 2.13. The molecule has 72 valence electrons. The molecule has 0 aliphatic heterocycles. The maximum Gasteiger partial charge on any atom is 0.126 e. The van der Waals surface area contributed by atoms with Crippen LogP contribution in [0.3, 0.4) is 0 Å². The first-order chi connectivity index (χ1) is 5.88. The lowest BCUT2D eigenvalue weighted by Gasteiger charge is -2.15. The number of hydrogen-bond donors (Lipinski definition) is 0. The van der Waals surface area contributed by atoms with Gasteiger partial charge in [0.25, 0.3) is 0 Å². The summed E-state index contributed by atoms with van der Waals surface area (Å²) in [6.45, 7) is 8.80. The fourth-order valence-electron chi connectivity index (χ4n) is 1.43. The molecule has 0 aliphatic rings. The predicted molar refractivity (Wildman–Crippen MR) is 58.2 cm³/mol. The number of hydrogen-bond acceptors (Lipinski definition) is 0. The van der Waals surface area contributed by atoms with Gasteiger partial charge in [-0.3, -0.25) is 0 Å². The highest BCUT2D eigenvalue weighted by atomic mass is 28.3. The van der Waals surface area contributed by atoms with E-state index in [4.69, 9.17) is 0 Å². The molecular formula is C11H17FSi. The highest BCUT2D eigenvalue weighted by Crippen LogP contribution is 2.14. The fraction of sp³-hybridized carbons (Fsp3) is 0.455. The second-order valence-corrected chi connectivity index (χ2v) is 10.3. The maximum absolute atomic E-state index is 12.9. The van der Waals surface area contributed by atoms with Crippen molar-refractivity contribution in [3.8, 4) is 0 Å². The van der Waals surface area contributed by atoms with Crippen molar-refractivity contribution in [3.63, 3.8) is 0 Å². The standard InChI is InChI=1S/C11H17FSi/c1-9-7-10(5-6-11(9)12)8-13(2,3)4/h5-7H,8H2,1-4H3. The van der Waals surface area contributed by atoms with E-state index in [0.29, 0.717) is 0 Å². The predicted octanol–water partition coefficient (Wildman–Crippen LogP) is 3.55. The molecule has 0 radical (unpaired) electrons. The largest absolute Gasteiger partial charge is 0.207 e. The summed E-state index contributed by atoms with van der Waals surface area (Å²) in [5.74, 6) is -0.0978. The zero-order valence-electron chi connectivity index (χ0n) is 8.82. The van der Waals surface area contributed by atoms with Crippen molar-refractivity contribution in [1.82, 2.24) is 0 Å². The van der Waals surface area contributed by atoms with Crippen LogP contribution in [0, 0.1) is 12.7 Å². The Morgan fingerprint density at radius 3 is 2.31 bits per heavy atom. The fourth-order valence-corrected chi connectivity index (χ4v) is 2.87. The van der Waals surface area contributed by atoms with Crippen LogP contribution in [0.25, 0.3) is 0 Å². The third kappa shape index (κ3) is 3.31. The van der Waals surface area contributed by atoms with Crippen molar-refractivity contribution in [2.24, 2.45) is 0 Å². The normalized spacial score (nSPS) is 11.8. The molecule has 1 aromatic carbocycles. The second kappa shape index (κ2) is 3.62. The van der Waals surface area contributed by atoms with Crippen molar-refractivity contribution in [3.05, 3.63) is 35.1 Å². The third-order valence-electron chi connectivity index (χ3n) is 1.96. The van der Waals surface area contributed by atoms with Crippen molar-refractivity contribution >= 4 is 8.07 Å². The molecule has 0 fully saturated rings. The minimum absolute atomic E-state index is 0.0978. The average Bonchev–Trinajstić information content (AvgIpc) is 1.94. The molecular weight excluding hydrogens is 179 g/mol. The van der Waals surface area contributed by atoms with Crippen LogP contribution >= 0.6 is 0 Å². The van der Waals surface area contributed by atoms with Gasteiger partial charge in [0.1, 0.15) is 5.82 Å². The monoisotopic (exact) mass is 196 g/mol. The quantitative estimate of drug-likeness (QED) is 0.635. The molecule has 0 saturated heterocycles. The molecule has 1 rings (SSSR count). The first-order valence-electron chi connectivity index (χ1n) is 4.63. The van der Waals surface area contributed by atoms with Crippen LogP contribution in [0.4, 0.5) is 4.39 Å². The van der Waals surface area contributed by atoms with Gasteiger partial charge in [0.2, 0.25) is 0 Å². The Hall–Kier alpha value is -0.633. The van der Waals surface area contributed by atoms with E-state index >= 15 is 0 Å². The summed E-state index contributed by atoms with van der Waals surface area (Å²) in [5, 5.41) is 0. The van der Waals surface area contributed by atoms with Gasteiger partial charge in [0.05, 0.1) is 0 Å². The van der Waals surface area contributed by atoms with Crippen molar-refractivity contribution < 1.29 is 4.39 Å². The van der Waals surface area contributed by atoms with Crippen LogP contribution in [0.5, 0.6) is 0 Å². The van der Waals surface area contributed by atoms with Crippen LogP contribution in [0.2, 0.25) is 19.6 Å². The number of aryl methyl sites for hydroxylation is 1. The van der Waals surface area contributed by atoms with Crippen molar-refractivity contribution in [1.29, 1.82) is 0 Å². The van der Waals surface area contributed by atoms with Crippen molar-refractivity contribution in [2.75, 3.05) is 0 Å². The molecule has 1 aromatic rings. The van der Waals surface area contributed by atoms with Gasteiger partial charge in [-0.25, -0.2) is 4.39 Å². The van der Waals surface area contributed by atoms with E-state index in [2.05, 4.69) is 19.6 Å². The van der Waals surface area contributed by atoms with Gasteiger partial charge in [-0.2, -0.15) is 0 Å². The smallest absolute Gasteiger partial charge is 0.126 e. The molecule has 0 nitrogen and oxygen atoms in total. The summed E-state index contributed by atoms with van der Waals surface area (Å²) in [4.78, 5) is 0. The topological polar surface area (TPSA) is 0 Å². The lowest BCUT2D eigenvalue weighted by atomic mass is 10.1. The molecule has 0 atom stereocenters. The maximum atomic E-state index is 12.9. The summed E-state index contributed by atoms with van der Waals surface area (Å²) >= 11 is 0. The first kappa shape index (κ1) is 10.4. The number of halogens is 1. The van der Waals surface area contributed by atoms with E-state index in [0.717, 1.165) is 11.6 Å². The molecule has 2 heteroatoms. The molecule has 0 aliphatic carbocycles. The summed E-state index contributed by atoms with van der Waals surface area (Å²) < 4.78 is 12.9. The SMILES string of the molecule is Cc1cc(C[Si](C)(C)C)ccc1F. The Balaban J connectivity index is 2.86. The van der Waals surface area contributed by atoms with Crippen LogP contribution in [-0.2, 0) is 6.04 Å². The van der Waals surface area contributed by atoms with Gasteiger partial charge in [-0.05, 0) is 24.6 Å². The zero-order valence-corrected chi connectivity index (χ0v) is 9.82. The Morgan fingerprint density at radius 1 is 1.23 bits per heavy atom. The molecule has 0 bridgehead atoms. The van der Waals surface area contributed by atoms with Gasteiger partial charge in [-0.15, -0.1) is 0 Å². The van der Waals surface area contributed by atoms with E-state index in [-0.39, 0.29) is 5.82 Å². The Morgan fingerprint density at radius 2 is 1.85 bits per heavy atom. The van der Waals surface area contributed by atoms with E-state index in [1.807, 2.05) is 19.1 Å². The molecule has 0 spiro atoms. The lowest BCUT2D eigenvalue weighted by Crippen LogP contribution is -2.23. The number of rotatable bonds is 2. The van der Waals surface area contributed by atoms with Gasteiger partial charge in [0.15, 0.2) is 0 Å². The third-order valence-corrected chi connectivity index (χ3v) is 3.43. The molecule has 0 N–H and O–H groups in total. The van der Waals surface area contributed by atoms with Crippen LogP contribution in [-0.4, -0.2) is 8.07 Å². The van der Waals surface area contributed by atoms with Crippen molar-refractivity contribution in [2.45, 2.75) is 32.6 Å². The molecule has 0 aromatic heterocycles. The molecule has 0 amide bonds. The van der Waals surface area contributed by atoms with E-state index in [1.165, 1.54) is 5.56 Å². The Kier molecular flexibility index (Phi) is 2.91. The van der Waals surface area contributed by atoms with Crippen LogP contribution in [0.15, 0.2) is 18.2 Å². The van der Waals surface area contributed by atoms with Gasteiger partial charge >= 0.3 is 0 Å². The summed E-state index contributed by atoms with van der Waals surface area (Å²) in [7, 11) is -1.06. The lowest BCUT2D eigenvalue weighted by molar-refractivity contribution is 0.618. The number of benzene rings is 1. The minimum Gasteiger partial charge on any atom is -0.207 e. The second-order valence-electron chi connectivity index (χ2n) is 4.82. The van der Waals surface area contributed by atoms with Gasteiger partial charge in [-0.1, -0.05) is 37.3 Å². The Bertz CT molecular complexity index is 299. The highest BCUT2D eigenvalue weighted by molar-refractivity contribution is 6.75. The van der Waals surface area contributed by atoms with Gasteiger partial charge in [0, 0.05) is 8.07 Å².